The molecule has 256 valence electrons. The highest BCUT2D eigenvalue weighted by atomic mass is 32.2. The Balaban J connectivity index is 4.70. The fraction of sp³-hybridized carbons (Fsp3) is 0.933. The third-order valence-corrected chi connectivity index (χ3v) is 21.1. The smallest absolute Gasteiger partial charge is 0.309 e. The van der Waals surface area contributed by atoms with E-state index in [0.29, 0.717) is 36.2 Å². The molecule has 0 heterocycles. The predicted molar refractivity (Wildman–Crippen MR) is 184 cm³/mol. The summed E-state index contributed by atoms with van der Waals surface area (Å²) in [6, 6.07) is 0.968. The van der Waals surface area contributed by atoms with Crippen LogP contribution < -0.4 is 0 Å². The minimum Gasteiger partial charge on any atom is -0.465 e. The van der Waals surface area contributed by atoms with Gasteiger partial charge >= 0.3 is 11.9 Å². The third kappa shape index (κ3) is 16.3. The summed E-state index contributed by atoms with van der Waals surface area (Å²) in [5, 5.41) is 36.4. The molecule has 0 saturated carbocycles. The summed E-state index contributed by atoms with van der Waals surface area (Å²) in [5.74, 6) is 0.882. The average Bonchev–Trinajstić information content (AvgIpc) is 2.91. The maximum absolute atomic E-state index is 12.4. The van der Waals surface area contributed by atoms with Gasteiger partial charge in [-0.3, -0.25) is 9.59 Å². The number of rotatable bonds is 24. The van der Waals surface area contributed by atoms with Crippen molar-refractivity contribution in [3.05, 3.63) is 0 Å². The quantitative estimate of drug-likeness (QED) is 0.0637. The van der Waals surface area contributed by atoms with Crippen molar-refractivity contribution in [1.82, 2.24) is 0 Å². The topological polar surface area (TPSA) is 143 Å². The molecule has 0 aliphatic carbocycles. The summed E-state index contributed by atoms with van der Waals surface area (Å²) >= 11 is 2.87. The molecule has 0 rings (SSSR count). The van der Waals surface area contributed by atoms with Crippen molar-refractivity contribution in [3.63, 3.8) is 0 Å². The Labute approximate surface area is 271 Å². The molecule has 0 radical (unpaired) electrons. The summed E-state index contributed by atoms with van der Waals surface area (Å²) in [5.41, 5.74) is 0. The third-order valence-electron chi connectivity index (χ3n) is 8.73. The SMILES string of the molecule is CC(CSCC(O)CO)C(=O)OCCCC(C)(C)[Si](C)(C)OC(C)(C)[Si](C)(C)CCCOC(=O)C(C)CSCC(O)CO. The lowest BCUT2D eigenvalue weighted by Crippen LogP contribution is -2.59. The van der Waals surface area contributed by atoms with Crippen LogP contribution in [-0.4, -0.2) is 116 Å². The number of ether oxygens (including phenoxy) is 2. The number of esters is 2. The first-order chi connectivity index (χ1) is 19.7. The fourth-order valence-corrected chi connectivity index (χ4v) is 12.0. The van der Waals surface area contributed by atoms with E-state index in [0.717, 1.165) is 25.3 Å². The molecule has 0 aromatic heterocycles. The van der Waals surface area contributed by atoms with E-state index in [1.807, 2.05) is 13.8 Å². The minimum absolute atomic E-state index is 0.0417. The van der Waals surface area contributed by atoms with Crippen molar-refractivity contribution >= 4 is 51.9 Å². The maximum atomic E-state index is 12.4. The van der Waals surface area contributed by atoms with Crippen LogP contribution in [0.1, 0.15) is 60.8 Å². The molecule has 4 unspecified atom stereocenters. The number of aliphatic hydroxyl groups is 4. The molecule has 13 heteroatoms. The largest absolute Gasteiger partial charge is 0.465 e. The van der Waals surface area contributed by atoms with E-state index < -0.39 is 28.6 Å². The van der Waals surface area contributed by atoms with Crippen LogP contribution >= 0.6 is 23.5 Å². The van der Waals surface area contributed by atoms with Crippen molar-refractivity contribution in [3.8, 4) is 0 Å². The van der Waals surface area contributed by atoms with E-state index in [4.69, 9.17) is 24.1 Å². The Hall–Kier alpha value is -0.126. The van der Waals surface area contributed by atoms with Gasteiger partial charge in [0.15, 0.2) is 8.32 Å². The summed E-state index contributed by atoms with van der Waals surface area (Å²) in [7, 11) is -4.06. The molecule has 0 fully saturated rings. The zero-order chi connectivity index (χ0) is 33.5. The van der Waals surface area contributed by atoms with E-state index in [2.05, 4.69) is 53.9 Å². The molecular formula is C30H62O9S2Si2. The molecule has 4 atom stereocenters. The zero-order valence-corrected chi connectivity index (χ0v) is 32.1. The molecule has 0 spiro atoms. The fourth-order valence-electron chi connectivity index (χ4n) is 4.18. The minimum atomic E-state index is -2.19. The van der Waals surface area contributed by atoms with Crippen LogP contribution in [-0.2, 0) is 23.5 Å². The molecule has 9 nitrogen and oxygen atoms in total. The van der Waals surface area contributed by atoms with Gasteiger partial charge in [0.2, 0.25) is 0 Å². The van der Waals surface area contributed by atoms with Crippen LogP contribution in [0.2, 0.25) is 37.3 Å². The highest BCUT2D eigenvalue weighted by molar-refractivity contribution is 7.99. The molecule has 43 heavy (non-hydrogen) atoms. The molecule has 0 bridgehead atoms. The van der Waals surface area contributed by atoms with Gasteiger partial charge in [-0.2, -0.15) is 23.5 Å². The Morgan fingerprint density at radius 3 is 1.58 bits per heavy atom. The molecule has 4 N–H and O–H groups in total. The van der Waals surface area contributed by atoms with Gasteiger partial charge in [0.1, 0.15) is 0 Å². The van der Waals surface area contributed by atoms with E-state index in [-0.39, 0.29) is 47.3 Å². The summed E-state index contributed by atoms with van der Waals surface area (Å²) in [6.07, 6.45) is 0.899. The summed E-state index contributed by atoms with van der Waals surface area (Å²) in [6.45, 7) is 22.0. The van der Waals surface area contributed by atoms with Crippen molar-refractivity contribution in [2.24, 2.45) is 11.8 Å². The molecule has 0 aromatic carbocycles. The monoisotopic (exact) mass is 686 g/mol. The van der Waals surface area contributed by atoms with Crippen molar-refractivity contribution in [1.29, 1.82) is 0 Å². The number of carbonyl (C=O) groups is 2. The first kappa shape index (κ1) is 42.9. The van der Waals surface area contributed by atoms with E-state index >= 15 is 0 Å². The van der Waals surface area contributed by atoms with Crippen LogP contribution in [0.4, 0.5) is 0 Å². The maximum Gasteiger partial charge on any atom is 0.309 e. The van der Waals surface area contributed by atoms with Gasteiger partial charge in [-0.05, 0) is 51.2 Å². The van der Waals surface area contributed by atoms with E-state index in [9.17, 15) is 19.8 Å². The Kier molecular flexibility index (Phi) is 20.1. The zero-order valence-electron chi connectivity index (χ0n) is 28.4. The van der Waals surface area contributed by atoms with Gasteiger partial charge in [0, 0.05) is 28.2 Å². The van der Waals surface area contributed by atoms with Crippen LogP contribution in [0.5, 0.6) is 0 Å². The van der Waals surface area contributed by atoms with Gasteiger partial charge in [-0.1, -0.05) is 46.8 Å². The lowest BCUT2D eigenvalue weighted by atomic mass is 10.1. The molecule has 0 saturated heterocycles. The summed E-state index contributed by atoms with van der Waals surface area (Å²) < 4.78 is 18.1. The Bertz CT molecular complexity index is 749. The van der Waals surface area contributed by atoms with Crippen LogP contribution in [0.3, 0.4) is 0 Å². The average molecular weight is 687 g/mol. The highest BCUT2D eigenvalue weighted by Gasteiger charge is 2.49. The standard InChI is InChI=1S/C30H62O9S2Si2/c1-23(19-40-21-25(33)17-31)27(35)37-14-11-13-29(3,4)43(9,10)39-30(5,6)42(7,8)16-12-15-38-28(36)24(2)20-41-22-26(34)18-32/h23-26,31-34H,11-22H2,1-10H3. The first-order valence-electron chi connectivity index (χ1n) is 15.5. The van der Waals surface area contributed by atoms with Crippen LogP contribution in [0.15, 0.2) is 0 Å². The normalized spacial score (nSPS) is 16.0. The highest BCUT2D eigenvalue weighted by Crippen LogP contribution is 2.45. The lowest BCUT2D eigenvalue weighted by molar-refractivity contribution is -0.148. The summed E-state index contributed by atoms with van der Waals surface area (Å²) in [4.78, 5) is 24.7. The number of hydrogen-bond donors (Lipinski definition) is 4. The number of hydrogen-bond acceptors (Lipinski definition) is 11. The van der Waals surface area contributed by atoms with E-state index in [1.165, 1.54) is 23.5 Å². The van der Waals surface area contributed by atoms with Crippen LogP contribution in [0.25, 0.3) is 0 Å². The van der Waals surface area contributed by atoms with Gasteiger partial charge in [-0.25, -0.2) is 0 Å². The van der Waals surface area contributed by atoms with E-state index in [1.54, 1.807) is 0 Å². The second kappa shape index (κ2) is 20.2. The van der Waals surface area contributed by atoms with Crippen molar-refractivity contribution in [2.45, 2.75) is 116 Å². The lowest BCUT2D eigenvalue weighted by Gasteiger charge is -2.50. The first-order valence-corrected chi connectivity index (χ1v) is 23.9. The molecular weight excluding hydrogens is 625 g/mol. The van der Waals surface area contributed by atoms with Gasteiger partial charge < -0.3 is 34.3 Å². The Morgan fingerprint density at radius 2 is 1.16 bits per heavy atom. The van der Waals surface area contributed by atoms with Gasteiger partial charge in [0.05, 0.1) is 58.5 Å². The predicted octanol–water partition coefficient (Wildman–Crippen LogP) is 4.72. The van der Waals surface area contributed by atoms with Crippen molar-refractivity contribution < 1.29 is 43.9 Å². The molecule has 0 aliphatic rings. The Morgan fingerprint density at radius 1 is 0.744 bits per heavy atom. The number of aliphatic hydroxyl groups excluding tert-OH is 4. The van der Waals surface area contributed by atoms with Crippen LogP contribution in [0, 0.1) is 11.8 Å². The van der Waals surface area contributed by atoms with Crippen molar-refractivity contribution in [2.75, 3.05) is 49.4 Å². The van der Waals surface area contributed by atoms with Gasteiger partial charge in [-0.15, -0.1) is 0 Å². The molecule has 0 aromatic rings. The second-order valence-corrected chi connectivity index (χ2v) is 26.2. The number of thioether (sulfide) groups is 2. The molecule has 0 aliphatic heterocycles. The van der Waals surface area contributed by atoms with Gasteiger partial charge in [0.25, 0.3) is 0 Å². The number of carbonyl (C=O) groups excluding carboxylic acids is 2. The second-order valence-electron chi connectivity index (χ2n) is 14.0. The molecule has 0 amide bonds.